The van der Waals surface area contributed by atoms with Crippen LogP contribution in [-0.4, -0.2) is 37.7 Å². The lowest BCUT2D eigenvalue weighted by Gasteiger charge is -2.07. The van der Waals surface area contributed by atoms with Crippen molar-refractivity contribution in [2.75, 3.05) is 32.1 Å². The highest BCUT2D eigenvalue weighted by Gasteiger charge is 2.06. The van der Waals surface area contributed by atoms with E-state index in [9.17, 15) is 4.79 Å². The van der Waals surface area contributed by atoms with Gasteiger partial charge in [-0.25, -0.2) is 0 Å². The molecule has 5 nitrogen and oxygen atoms in total. The number of anilines is 1. The molecule has 0 aliphatic rings. The van der Waals surface area contributed by atoms with Crippen LogP contribution >= 0.6 is 0 Å². The van der Waals surface area contributed by atoms with E-state index in [4.69, 9.17) is 4.74 Å². The summed E-state index contributed by atoms with van der Waals surface area (Å²) in [6.45, 7) is 4.23. The highest BCUT2D eigenvalue weighted by molar-refractivity contribution is 5.93. The summed E-state index contributed by atoms with van der Waals surface area (Å²) >= 11 is 0. The van der Waals surface area contributed by atoms with Crippen LogP contribution in [0.2, 0.25) is 0 Å². The summed E-state index contributed by atoms with van der Waals surface area (Å²) in [5.74, 6) is -0.147. The summed E-state index contributed by atoms with van der Waals surface area (Å²) in [5.41, 5.74) is 1.36. The van der Waals surface area contributed by atoms with Gasteiger partial charge in [0.25, 0.3) is 5.91 Å². The Bertz CT molecular complexity index is 369. The normalized spacial score (nSPS) is 10.1. The summed E-state index contributed by atoms with van der Waals surface area (Å²) in [6, 6.07) is 3.62. The number of aromatic nitrogens is 1. The maximum atomic E-state index is 11.8. The van der Waals surface area contributed by atoms with Gasteiger partial charge in [-0.05, 0) is 25.0 Å². The van der Waals surface area contributed by atoms with E-state index in [1.807, 2.05) is 6.07 Å². The van der Waals surface area contributed by atoms with Crippen molar-refractivity contribution in [3.05, 3.63) is 24.0 Å². The Morgan fingerprint density at radius 3 is 3.00 bits per heavy atom. The van der Waals surface area contributed by atoms with Crippen molar-refractivity contribution in [1.29, 1.82) is 0 Å². The summed E-state index contributed by atoms with van der Waals surface area (Å²) in [5, 5.41) is 6.03. The fraction of sp³-hybridized carbons (Fsp3) is 0.538. The van der Waals surface area contributed by atoms with Crippen LogP contribution in [0, 0.1) is 0 Å². The molecule has 1 heterocycles. The molecule has 0 unspecified atom stereocenters. The smallest absolute Gasteiger partial charge is 0.269 e. The van der Waals surface area contributed by atoms with E-state index < -0.39 is 0 Å². The van der Waals surface area contributed by atoms with Gasteiger partial charge in [0.2, 0.25) is 0 Å². The maximum absolute atomic E-state index is 11.8. The number of rotatable bonds is 8. The molecule has 0 atom stereocenters. The van der Waals surface area contributed by atoms with Crippen LogP contribution in [0.5, 0.6) is 0 Å². The molecule has 1 rings (SSSR count). The molecule has 18 heavy (non-hydrogen) atoms. The van der Waals surface area contributed by atoms with Gasteiger partial charge in [-0.1, -0.05) is 6.92 Å². The van der Waals surface area contributed by atoms with Crippen LogP contribution in [0.1, 0.15) is 30.3 Å². The van der Waals surface area contributed by atoms with Crippen molar-refractivity contribution in [3.8, 4) is 0 Å². The second kappa shape index (κ2) is 8.47. The monoisotopic (exact) mass is 251 g/mol. The topological polar surface area (TPSA) is 63.2 Å². The molecule has 0 bridgehead atoms. The Morgan fingerprint density at radius 1 is 1.44 bits per heavy atom. The third-order valence-corrected chi connectivity index (χ3v) is 2.38. The van der Waals surface area contributed by atoms with Gasteiger partial charge in [0, 0.05) is 38.7 Å². The minimum atomic E-state index is -0.147. The highest BCUT2D eigenvalue weighted by Crippen LogP contribution is 2.07. The lowest BCUT2D eigenvalue weighted by atomic mass is 10.3. The van der Waals surface area contributed by atoms with Crippen LogP contribution in [-0.2, 0) is 4.74 Å². The SMILES string of the molecule is CCCNc1ccnc(C(=O)NCCCOC)c1. The molecule has 0 spiro atoms. The van der Waals surface area contributed by atoms with Gasteiger partial charge in [-0.2, -0.15) is 0 Å². The van der Waals surface area contributed by atoms with Crippen molar-refractivity contribution in [1.82, 2.24) is 10.3 Å². The molecule has 0 saturated heterocycles. The van der Waals surface area contributed by atoms with E-state index in [2.05, 4.69) is 22.5 Å². The van der Waals surface area contributed by atoms with Gasteiger partial charge in [0.15, 0.2) is 0 Å². The third kappa shape index (κ3) is 5.14. The molecule has 0 fully saturated rings. The van der Waals surface area contributed by atoms with Crippen LogP contribution < -0.4 is 10.6 Å². The molecule has 1 amide bonds. The molecular formula is C13H21N3O2. The standard InChI is InChI=1S/C13H21N3O2/c1-3-6-14-11-5-8-15-12(10-11)13(17)16-7-4-9-18-2/h5,8,10H,3-4,6-7,9H2,1-2H3,(H,14,15)(H,16,17). The first kappa shape index (κ1) is 14.4. The maximum Gasteiger partial charge on any atom is 0.269 e. The van der Waals surface area contributed by atoms with E-state index in [1.54, 1.807) is 19.4 Å². The summed E-state index contributed by atoms with van der Waals surface area (Å²) in [7, 11) is 1.65. The van der Waals surface area contributed by atoms with E-state index in [1.165, 1.54) is 0 Å². The van der Waals surface area contributed by atoms with Crippen molar-refractivity contribution in [3.63, 3.8) is 0 Å². The first-order chi connectivity index (χ1) is 8.77. The van der Waals surface area contributed by atoms with Gasteiger partial charge < -0.3 is 15.4 Å². The molecule has 2 N–H and O–H groups in total. The molecular weight excluding hydrogens is 230 g/mol. The van der Waals surface area contributed by atoms with Crippen LogP contribution in [0.4, 0.5) is 5.69 Å². The fourth-order valence-electron chi connectivity index (χ4n) is 1.44. The largest absolute Gasteiger partial charge is 0.385 e. The average molecular weight is 251 g/mol. The average Bonchev–Trinajstić information content (AvgIpc) is 2.41. The zero-order valence-corrected chi connectivity index (χ0v) is 11.0. The Balaban J connectivity index is 2.46. The van der Waals surface area contributed by atoms with Crippen LogP contribution in [0.25, 0.3) is 0 Å². The van der Waals surface area contributed by atoms with Gasteiger partial charge in [-0.15, -0.1) is 0 Å². The van der Waals surface area contributed by atoms with Crippen molar-refractivity contribution in [2.45, 2.75) is 19.8 Å². The van der Waals surface area contributed by atoms with Crippen molar-refractivity contribution in [2.24, 2.45) is 0 Å². The molecule has 0 aromatic carbocycles. The minimum absolute atomic E-state index is 0.147. The molecule has 1 aromatic rings. The predicted octanol–water partition coefficient (Wildman–Crippen LogP) is 1.67. The Hall–Kier alpha value is -1.62. The summed E-state index contributed by atoms with van der Waals surface area (Å²) in [6.07, 6.45) is 3.49. The summed E-state index contributed by atoms with van der Waals surface area (Å²) < 4.78 is 4.92. The number of carbonyl (C=O) groups excluding carboxylic acids is 1. The molecule has 0 radical (unpaired) electrons. The number of carbonyl (C=O) groups is 1. The van der Waals surface area contributed by atoms with Crippen molar-refractivity contribution < 1.29 is 9.53 Å². The number of hydrogen-bond acceptors (Lipinski definition) is 4. The van der Waals surface area contributed by atoms with Gasteiger partial charge >= 0.3 is 0 Å². The van der Waals surface area contributed by atoms with Crippen LogP contribution in [0.3, 0.4) is 0 Å². The number of pyridine rings is 1. The zero-order chi connectivity index (χ0) is 13.2. The van der Waals surface area contributed by atoms with Gasteiger partial charge in [0.1, 0.15) is 5.69 Å². The summed E-state index contributed by atoms with van der Waals surface area (Å²) in [4.78, 5) is 15.9. The number of methoxy groups -OCH3 is 1. The Labute approximate surface area is 108 Å². The Kier molecular flexibility index (Phi) is 6.79. The van der Waals surface area contributed by atoms with Crippen LogP contribution in [0.15, 0.2) is 18.3 Å². The molecule has 0 aliphatic heterocycles. The molecule has 0 saturated carbocycles. The number of amides is 1. The predicted molar refractivity (Wildman–Crippen MR) is 71.8 cm³/mol. The number of nitrogens with zero attached hydrogens (tertiary/aromatic N) is 1. The quantitative estimate of drug-likeness (QED) is 0.690. The van der Waals surface area contributed by atoms with Crippen molar-refractivity contribution >= 4 is 11.6 Å². The van der Waals surface area contributed by atoms with E-state index in [0.717, 1.165) is 25.1 Å². The molecule has 100 valence electrons. The van der Waals surface area contributed by atoms with Gasteiger partial charge in [-0.3, -0.25) is 9.78 Å². The highest BCUT2D eigenvalue weighted by atomic mass is 16.5. The zero-order valence-electron chi connectivity index (χ0n) is 11.0. The Morgan fingerprint density at radius 2 is 2.28 bits per heavy atom. The second-order valence-electron chi connectivity index (χ2n) is 3.96. The van der Waals surface area contributed by atoms with E-state index >= 15 is 0 Å². The number of ether oxygens (including phenoxy) is 1. The molecule has 0 aliphatic carbocycles. The fourth-order valence-corrected chi connectivity index (χ4v) is 1.44. The van der Waals surface area contributed by atoms with E-state index in [0.29, 0.717) is 18.8 Å². The minimum Gasteiger partial charge on any atom is -0.385 e. The van der Waals surface area contributed by atoms with E-state index in [-0.39, 0.29) is 5.91 Å². The number of nitrogens with one attached hydrogen (secondary N) is 2. The lowest BCUT2D eigenvalue weighted by molar-refractivity contribution is 0.0943. The number of hydrogen-bond donors (Lipinski definition) is 2. The third-order valence-electron chi connectivity index (χ3n) is 2.38. The van der Waals surface area contributed by atoms with Gasteiger partial charge in [0.05, 0.1) is 0 Å². The first-order valence-corrected chi connectivity index (χ1v) is 6.25. The first-order valence-electron chi connectivity index (χ1n) is 6.25. The second-order valence-corrected chi connectivity index (χ2v) is 3.96. The molecule has 1 aromatic heterocycles. The lowest BCUT2D eigenvalue weighted by Crippen LogP contribution is -2.26. The molecule has 5 heteroatoms.